The van der Waals surface area contributed by atoms with Gasteiger partial charge in [-0.1, -0.05) is 6.07 Å². The molecule has 1 fully saturated rings. The Morgan fingerprint density at radius 3 is 2.36 bits per heavy atom. The van der Waals surface area contributed by atoms with Gasteiger partial charge in [-0.15, -0.1) is 0 Å². The Morgan fingerprint density at radius 2 is 1.68 bits per heavy atom. The van der Waals surface area contributed by atoms with Crippen LogP contribution < -0.4 is 14.5 Å². The molecule has 0 aliphatic carbocycles. The predicted molar refractivity (Wildman–Crippen MR) is 92.4 cm³/mol. The maximum Gasteiger partial charge on any atom is 0.329 e. The molecule has 0 aromatic heterocycles. The minimum absolute atomic E-state index is 0.0792. The van der Waals surface area contributed by atoms with Gasteiger partial charge in [-0.3, -0.25) is 14.6 Å². The summed E-state index contributed by atoms with van der Waals surface area (Å²) in [6.45, 7) is 1.59. The fourth-order valence-electron chi connectivity index (χ4n) is 2.42. The molecule has 0 radical (unpaired) electrons. The number of halogens is 1. The van der Waals surface area contributed by atoms with Crippen molar-refractivity contribution >= 4 is 46.5 Å². The molecular weight excluding hydrogens is 395 g/mol. The predicted octanol–water partition coefficient (Wildman–Crippen LogP) is 3.27. The molecule has 0 unspecified atom stereocenters. The minimum Gasteiger partial charge on any atom is -0.429 e. The van der Waals surface area contributed by atoms with E-state index in [0.717, 1.165) is 14.9 Å². The van der Waals surface area contributed by atoms with E-state index in [4.69, 9.17) is 4.74 Å². The second-order valence-corrected chi connectivity index (χ2v) is 6.02. The van der Waals surface area contributed by atoms with Gasteiger partial charge < -0.3 is 4.74 Å². The molecule has 0 N–H and O–H groups in total. The van der Waals surface area contributed by atoms with Crippen LogP contribution in [0.25, 0.3) is 0 Å². The van der Waals surface area contributed by atoms with Crippen LogP contribution in [0.3, 0.4) is 0 Å². The second kappa shape index (κ2) is 6.35. The SMILES string of the molecule is O=COc1cccc(N2CCN(c3ccc(I)cc3)C2=O)c1. The molecule has 0 atom stereocenters. The van der Waals surface area contributed by atoms with Crippen molar-refractivity contribution in [3.63, 3.8) is 0 Å². The lowest BCUT2D eigenvalue weighted by atomic mass is 10.3. The Labute approximate surface area is 141 Å². The van der Waals surface area contributed by atoms with Gasteiger partial charge in [-0.25, -0.2) is 4.79 Å². The van der Waals surface area contributed by atoms with E-state index in [-0.39, 0.29) is 6.03 Å². The molecule has 1 aliphatic rings. The van der Waals surface area contributed by atoms with Crippen LogP contribution in [-0.2, 0) is 4.79 Å². The van der Waals surface area contributed by atoms with Gasteiger partial charge in [0.2, 0.25) is 0 Å². The summed E-state index contributed by atoms with van der Waals surface area (Å²) in [5.41, 5.74) is 1.60. The smallest absolute Gasteiger partial charge is 0.329 e. The summed E-state index contributed by atoms with van der Waals surface area (Å²) in [6, 6.07) is 14.7. The lowest BCUT2D eigenvalue weighted by molar-refractivity contribution is -0.120. The Kier molecular flexibility index (Phi) is 4.28. The first-order valence-electron chi connectivity index (χ1n) is 6.74. The van der Waals surface area contributed by atoms with Gasteiger partial charge in [0.25, 0.3) is 6.47 Å². The summed E-state index contributed by atoms with van der Waals surface area (Å²) < 4.78 is 5.96. The molecule has 1 saturated heterocycles. The number of hydrogen-bond acceptors (Lipinski definition) is 3. The first-order valence-corrected chi connectivity index (χ1v) is 7.82. The molecule has 0 bridgehead atoms. The molecule has 22 heavy (non-hydrogen) atoms. The third kappa shape index (κ3) is 2.92. The maximum absolute atomic E-state index is 12.6. The summed E-state index contributed by atoms with van der Waals surface area (Å²) in [7, 11) is 0. The molecular formula is C16H13IN2O3. The number of nitrogens with zero attached hydrogens (tertiary/aromatic N) is 2. The lowest BCUT2D eigenvalue weighted by Gasteiger charge is -2.19. The third-order valence-corrected chi connectivity index (χ3v) is 4.18. The highest BCUT2D eigenvalue weighted by Gasteiger charge is 2.30. The van der Waals surface area contributed by atoms with Gasteiger partial charge in [0.15, 0.2) is 0 Å². The van der Waals surface area contributed by atoms with Crippen LogP contribution in [0, 0.1) is 3.57 Å². The van der Waals surface area contributed by atoms with Gasteiger partial charge in [0, 0.05) is 34.1 Å². The molecule has 2 aromatic carbocycles. The quantitative estimate of drug-likeness (QED) is 0.577. The number of ether oxygens (including phenoxy) is 1. The van der Waals surface area contributed by atoms with E-state index in [1.165, 1.54) is 0 Å². The second-order valence-electron chi connectivity index (χ2n) is 4.77. The molecule has 0 saturated carbocycles. The topological polar surface area (TPSA) is 49.9 Å². The minimum atomic E-state index is -0.0792. The van der Waals surface area contributed by atoms with E-state index in [2.05, 4.69) is 22.6 Å². The molecule has 2 amide bonds. The summed E-state index contributed by atoms with van der Waals surface area (Å²) in [5, 5.41) is 0. The lowest BCUT2D eigenvalue weighted by Crippen LogP contribution is -2.31. The molecule has 1 heterocycles. The highest BCUT2D eigenvalue weighted by molar-refractivity contribution is 14.1. The molecule has 1 aliphatic heterocycles. The van der Waals surface area contributed by atoms with Crippen molar-refractivity contribution in [1.29, 1.82) is 0 Å². The van der Waals surface area contributed by atoms with Gasteiger partial charge in [-0.05, 0) is 59.0 Å². The van der Waals surface area contributed by atoms with Crippen LogP contribution in [0.15, 0.2) is 48.5 Å². The molecule has 5 nitrogen and oxygen atoms in total. The summed E-state index contributed by atoms with van der Waals surface area (Å²) in [4.78, 5) is 26.4. The maximum atomic E-state index is 12.6. The van der Waals surface area contributed by atoms with Gasteiger partial charge in [0.05, 0.1) is 0 Å². The zero-order chi connectivity index (χ0) is 15.5. The van der Waals surface area contributed by atoms with Crippen LogP contribution in [0.4, 0.5) is 16.2 Å². The summed E-state index contributed by atoms with van der Waals surface area (Å²) in [5.74, 6) is 0.424. The van der Waals surface area contributed by atoms with Crippen molar-refractivity contribution in [2.45, 2.75) is 0 Å². The highest BCUT2D eigenvalue weighted by atomic mass is 127. The molecule has 3 rings (SSSR count). The summed E-state index contributed by atoms with van der Waals surface area (Å²) in [6.07, 6.45) is 0. The first kappa shape index (κ1) is 14.8. The van der Waals surface area contributed by atoms with Crippen molar-refractivity contribution < 1.29 is 14.3 Å². The fraction of sp³-hybridized carbons (Fsp3) is 0.125. The number of carbonyl (C=O) groups is 2. The number of amides is 2. The largest absolute Gasteiger partial charge is 0.429 e. The monoisotopic (exact) mass is 408 g/mol. The van der Waals surface area contributed by atoms with Crippen molar-refractivity contribution in [2.75, 3.05) is 22.9 Å². The normalized spacial score (nSPS) is 14.3. The van der Waals surface area contributed by atoms with Gasteiger partial charge in [-0.2, -0.15) is 0 Å². The zero-order valence-corrected chi connectivity index (χ0v) is 13.8. The van der Waals surface area contributed by atoms with E-state index < -0.39 is 0 Å². The zero-order valence-electron chi connectivity index (χ0n) is 11.6. The van der Waals surface area contributed by atoms with Crippen molar-refractivity contribution in [3.05, 3.63) is 52.1 Å². The van der Waals surface area contributed by atoms with Crippen molar-refractivity contribution in [3.8, 4) is 5.75 Å². The molecule has 0 spiro atoms. The Hall–Kier alpha value is -2.09. The molecule has 6 heteroatoms. The Morgan fingerprint density at radius 1 is 1.00 bits per heavy atom. The summed E-state index contributed by atoms with van der Waals surface area (Å²) >= 11 is 2.23. The number of urea groups is 1. The van der Waals surface area contributed by atoms with E-state index in [1.54, 1.807) is 28.0 Å². The molecule has 112 valence electrons. The Bertz CT molecular complexity index is 703. The number of rotatable bonds is 4. The van der Waals surface area contributed by atoms with Gasteiger partial charge in [0.1, 0.15) is 5.75 Å². The average Bonchev–Trinajstić information content (AvgIpc) is 2.90. The van der Waals surface area contributed by atoms with E-state index in [0.29, 0.717) is 25.3 Å². The van der Waals surface area contributed by atoms with Crippen LogP contribution in [0.2, 0.25) is 0 Å². The van der Waals surface area contributed by atoms with E-state index in [1.807, 2.05) is 30.3 Å². The fourth-order valence-corrected chi connectivity index (χ4v) is 2.78. The third-order valence-electron chi connectivity index (χ3n) is 3.46. The molecule has 2 aromatic rings. The van der Waals surface area contributed by atoms with Crippen LogP contribution >= 0.6 is 22.6 Å². The number of anilines is 2. The van der Waals surface area contributed by atoms with Gasteiger partial charge >= 0.3 is 6.03 Å². The Balaban J connectivity index is 1.82. The van der Waals surface area contributed by atoms with E-state index >= 15 is 0 Å². The standard InChI is InChI=1S/C16H13IN2O3/c17-12-4-6-13(7-5-12)18-8-9-19(16(18)21)14-2-1-3-15(10-14)22-11-20/h1-7,10-11H,8-9H2. The number of benzene rings is 2. The van der Waals surface area contributed by atoms with Crippen molar-refractivity contribution in [2.24, 2.45) is 0 Å². The van der Waals surface area contributed by atoms with Crippen LogP contribution in [0.5, 0.6) is 5.75 Å². The highest BCUT2D eigenvalue weighted by Crippen LogP contribution is 2.27. The number of hydrogen-bond donors (Lipinski definition) is 0. The van der Waals surface area contributed by atoms with Crippen LogP contribution in [0.1, 0.15) is 0 Å². The van der Waals surface area contributed by atoms with E-state index in [9.17, 15) is 9.59 Å². The number of carbonyl (C=O) groups excluding carboxylic acids is 2. The van der Waals surface area contributed by atoms with Crippen LogP contribution in [-0.4, -0.2) is 25.6 Å². The first-order chi connectivity index (χ1) is 10.7. The van der Waals surface area contributed by atoms with Crippen molar-refractivity contribution in [1.82, 2.24) is 0 Å². The average molecular weight is 408 g/mol.